The van der Waals surface area contributed by atoms with Crippen molar-refractivity contribution in [3.8, 4) is 5.88 Å². The van der Waals surface area contributed by atoms with Gasteiger partial charge in [0, 0.05) is 6.04 Å². The van der Waals surface area contributed by atoms with Crippen LogP contribution in [0.5, 0.6) is 5.88 Å². The van der Waals surface area contributed by atoms with Gasteiger partial charge in [-0.15, -0.1) is 0 Å². The molecule has 1 heterocycles. The molecule has 7 nitrogen and oxygen atoms in total. The highest BCUT2D eigenvalue weighted by Gasteiger charge is 2.28. The molecular formula is C19H24N4O3. The zero-order valence-electron chi connectivity index (χ0n) is 15.1. The number of hydrogen-bond acceptors (Lipinski definition) is 5. The molecular weight excluding hydrogens is 332 g/mol. The Bertz CT molecular complexity index is 790. The summed E-state index contributed by atoms with van der Waals surface area (Å²) in [6, 6.07) is 6.99. The number of carbonyl (C=O) groups excluding carboxylic acids is 2. The summed E-state index contributed by atoms with van der Waals surface area (Å²) in [4.78, 5) is 32.3. The van der Waals surface area contributed by atoms with Crippen molar-refractivity contribution in [1.29, 1.82) is 0 Å². The quantitative estimate of drug-likeness (QED) is 0.878. The Balaban J connectivity index is 1.51. The molecule has 0 bridgehead atoms. The van der Waals surface area contributed by atoms with Gasteiger partial charge < -0.3 is 10.1 Å². The summed E-state index contributed by atoms with van der Waals surface area (Å²) >= 11 is 0. The summed E-state index contributed by atoms with van der Waals surface area (Å²) in [7, 11) is 0. The van der Waals surface area contributed by atoms with E-state index in [4.69, 9.17) is 4.74 Å². The summed E-state index contributed by atoms with van der Waals surface area (Å²) < 4.78 is 5.47. The first kappa shape index (κ1) is 18.1. The zero-order valence-corrected chi connectivity index (χ0v) is 15.1. The number of aromatic nitrogens is 2. The third kappa shape index (κ3) is 4.28. The zero-order chi connectivity index (χ0) is 18.5. The van der Waals surface area contributed by atoms with Gasteiger partial charge in [0.1, 0.15) is 6.33 Å². The van der Waals surface area contributed by atoms with E-state index < -0.39 is 11.9 Å². The Kier molecular flexibility index (Phi) is 5.65. The molecule has 0 unspecified atom stereocenters. The summed E-state index contributed by atoms with van der Waals surface area (Å²) in [6.45, 7) is 4.05. The van der Waals surface area contributed by atoms with Gasteiger partial charge in [-0.25, -0.2) is 14.8 Å². The van der Waals surface area contributed by atoms with Crippen LogP contribution in [0.4, 0.5) is 4.79 Å². The van der Waals surface area contributed by atoms with Crippen LogP contribution >= 0.6 is 0 Å². The van der Waals surface area contributed by atoms with Gasteiger partial charge in [0.2, 0.25) is 5.88 Å². The fourth-order valence-electron chi connectivity index (χ4n) is 3.38. The van der Waals surface area contributed by atoms with E-state index in [0.717, 1.165) is 23.7 Å². The third-order valence-electron chi connectivity index (χ3n) is 5.12. The monoisotopic (exact) mass is 356 g/mol. The van der Waals surface area contributed by atoms with Gasteiger partial charge in [-0.05, 0) is 30.4 Å². The average molecular weight is 356 g/mol. The highest BCUT2D eigenvalue weighted by molar-refractivity contribution is 5.95. The SMILES string of the molecule is C[C@H]1[C@H](C)CCC[C@H]1NC(=O)NC(=O)COc1ncnc2ccccc12. The number of para-hydroxylation sites is 1. The van der Waals surface area contributed by atoms with Gasteiger partial charge >= 0.3 is 6.03 Å². The number of hydrogen-bond donors (Lipinski definition) is 2. The van der Waals surface area contributed by atoms with Crippen molar-refractivity contribution in [2.45, 2.75) is 39.2 Å². The van der Waals surface area contributed by atoms with Crippen LogP contribution in [0.15, 0.2) is 30.6 Å². The highest BCUT2D eigenvalue weighted by Crippen LogP contribution is 2.29. The predicted octanol–water partition coefficient (Wildman–Crippen LogP) is 2.66. The smallest absolute Gasteiger partial charge is 0.321 e. The first-order valence-electron chi connectivity index (χ1n) is 8.97. The molecule has 0 spiro atoms. The molecule has 3 amide bonds. The second kappa shape index (κ2) is 8.12. The molecule has 0 aliphatic heterocycles. The van der Waals surface area contributed by atoms with E-state index in [1.165, 1.54) is 12.7 Å². The van der Waals surface area contributed by atoms with E-state index >= 15 is 0 Å². The van der Waals surface area contributed by atoms with Crippen LogP contribution in [0.2, 0.25) is 0 Å². The highest BCUT2D eigenvalue weighted by atomic mass is 16.5. The number of nitrogens with zero attached hydrogens (tertiary/aromatic N) is 2. The Morgan fingerprint density at radius 3 is 2.85 bits per heavy atom. The summed E-state index contributed by atoms with van der Waals surface area (Å²) in [6.07, 6.45) is 4.60. The number of amides is 3. The molecule has 2 aromatic rings. The molecule has 0 radical (unpaired) electrons. The Labute approximate surface area is 152 Å². The van der Waals surface area contributed by atoms with Crippen molar-refractivity contribution in [3.63, 3.8) is 0 Å². The molecule has 1 saturated carbocycles. The molecule has 1 aromatic carbocycles. The molecule has 3 rings (SSSR count). The van der Waals surface area contributed by atoms with E-state index in [0.29, 0.717) is 17.7 Å². The van der Waals surface area contributed by atoms with Crippen LogP contribution < -0.4 is 15.4 Å². The van der Waals surface area contributed by atoms with Crippen LogP contribution in [-0.2, 0) is 4.79 Å². The van der Waals surface area contributed by atoms with Crippen LogP contribution in [0.25, 0.3) is 10.9 Å². The summed E-state index contributed by atoms with van der Waals surface area (Å²) in [5, 5.41) is 5.95. The number of urea groups is 1. The molecule has 0 saturated heterocycles. The number of nitrogens with one attached hydrogen (secondary N) is 2. The van der Waals surface area contributed by atoms with Gasteiger partial charge in [0.05, 0.1) is 10.9 Å². The second-order valence-corrected chi connectivity index (χ2v) is 6.88. The van der Waals surface area contributed by atoms with Gasteiger partial charge in [0.25, 0.3) is 5.91 Å². The number of fused-ring (bicyclic) bond motifs is 1. The minimum atomic E-state index is -0.512. The maximum absolute atomic E-state index is 12.1. The Morgan fingerprint density at radius 2 is 2.00 bits per heavy atom. The molecule has 26 heavy (non-hydrogen) atoms. The fraction of sp³-hybridized carbons (Fsp3) is 0.474. The largest absolute Gasteiger partial charge is 0.467 e. The number of carbonyl (C=O) groups is 2. The topological polar surface area (TPSA) is 93.2 Å². The fourth-order valence-corrected chi connectivity index (χ4v) is 3.38. The predicted molar refractivity (Wildman–Crippen MR) is 97.7 cm³/mol. The van der Waals surface area contributed by atoms with Gasteiger partial charge in [-0.3, -0.25) is 10.1 Å². The molecule has 1 fully saturated rings. The van der Waals surface area contributed by atoms with Gasteiger partial charge in [-0.2, -0.15) is 0 Å². The van der Waals surface area contributed by atoms with Gasteiger partial charge in [-0.1, -0.05) is 38.8 Å². The molecule has 1 aromatic heterocycles. The Morgan fingerprint density at radius 1 is 1.19 bits per heavy atom. The summed E-state index contributed by atoms with van der Waals surface area (Å²) in [5.74, 6) is 0.773. The molecule has 138 valence electrons. The lowest BCUT2D eigenvalue weighted by Gasteiger charge is -2.34. The lowest BCUT2D eigenvalue weighted by Crippen LogP contribution is -2.50. The van der Waals surface area contributed by atoms with Crippen molar-refractivity contribution in [3.05, 3.63) is 30.6 Å². The van der Waals surface area contributed by atoms with E-state index in [2.05, 4.69) is 34.4 Å². The second-order valence-electron chi connectivity index (χ2n) is 6.88. The lowest BCUT2D eigenvalue weighted by molar-refractivity contribution is -0.122. The standard InChI is InChI=1S/C19H24N4O3/c1-12-6-5-9-15(13(12)2)22-19(25)23-17(24)10-26-18-14-7-3-4-8-16(14)20-11-21-18/h3-4,7-8,11-13,15H,5-6,9-10H2,1-2H3,(H2,22,23,24,25)/t12-,13+,15-/m1/s1. The Hall–Kier alpha value is -2.70. The first-order valence-corrected chi connectivity index (χ1v) is 8.97. The number of ether oxygens (including phenoxy) is 1. The third-order valence-corrected chi connectivity index (χ3v) is 5.12. The van der Waals surface area contributed by atoms with Gasteiger partial charge in [0.15, 0.2) is 6.61 Å². The van der Waals surface area contributed by atoms with Crippen LogP contribution in [0.3, 0.4) is 0 Å². The van der Waals surface area contributed by atoms with Crippen LogP contribution in [-0.4, -0.2) is 34.6 Å². The van der Waals surface area contributed by atoms with Crippen molar-refractivity contribution in [2.24, 2.45) is 11.8 Å². The van der Waals surface area contributed by atoms with Crippen molar-refractivity contribution in [2.75, 3.05) is 6.61 Å². The van der Waals surface area contributed by atoms with E-state index in [1.54, 1.807) is 0 Å². The maximum Gasteiger partial charge on any atom is 0.321 e. The van der Waals surface area contributed by atoms with Crippen LogP contribution in [0, 0.1) is 11.8 Å². The number of rotatable bonds is 4. The average Bonchev–Trinajstić information content (AvgIpc) is 2.63. The number of benzene rings is 1. The van der Waals surface area contributed by atoms with Crippen molar-refractivity contribution in [1.82, 2.24) is 20.6 Å². The van der Waals surface area contributed by atoms with Crippen molar-refractivity contribution >= 4 is 22.8 Å². The molecule has 7 heteroatoms. The van der Waals surface area contributed by atoms with Crippen molar-refractivity contribution < 1.29 is 14.3 Å². The van der Waals surface area contributed by atoms with E-state index in [1.807, 2.05) is 24.3 Å². The maximum atomic E-state index is 12.1. The summed E-state index contributed by atoms with van der Waals surface area (Å²) in [5.41, 5.74) is 0.732. The molecule has 1 aliphatic rings. The number of imide groups is 1. The molecule has 3 atom stereocenters. The minimum Gasteiger partial charge on any atom is -0.467 e. The lowest BCUT2D eigenvalue weighted by atomic mass is 9.78. The first-order chi connectivity index (χ1) is 12.5. The normalized spacial score (nSPS) is 22.6. The van der Waals surface area contributed by atoms with E-state index in [-0.39, 0.29) is 12.6 Å². The molecule has 1 aliphatic carbocycles. The minimum absolute atomic E-state index is 0.0956. The van der Waals surface area contributed by atoms with E-state index in [9.17, 15) is 9.59 Å². The van der Waals surface area contributed by atoms with Crippen LogP contribution in [0.1, 0.15) is 33.1 Å². The molecule has 2 N–H and O–H groups in total.